The standard InChI is InChI=1S/C38H53N7O2/c1-3-33(26-12-14-27(15-13-26)38(46)47)39-22-36-41-34-19-16-28(25-8-5-4-6-9-25)20-32(34)37(43-36)42-35(29-21-40-44(2)23-29)24-45-30-10-7-11-31(45)18-17-30/h4-6,8-9,21,23,26-28,30-31,33,35,39H,3,7,10-20,22,24H2,1-2H3,(H,46,47)(H,41,42,43)/t26?,27?,28-,30-,31-,33-,35+/m1/s1. The lowest BCUT2D eigenvalue weighted by molar-refractivity contribution is -0.143. The maximum absolute atomic E-state index is 11.5. The highest BCUT2D eigenvalue weighted by molar-refractivity contribution is 5.70. The van der Waals surface area contributed by atoms with Gasteiger partial charge in [0.2, 0.25) is 0 Å². The number of piperidine rings is 1. The summed E-state index contributed by atoms with van der Waals surface area (Å²) in [5, 5.41) is 21.9. The molecule has 1 aromatic carbocycles. The molecular weight excluding hydrogens is 586 g/mol. The van der Waals surface area contributed by atoms with Gasteiger partial charge in [0.1, 0.15) is 11.6 Å². The van der Waals surface area contributed by atoms with Gasteiger partial charge < -0.3 is 15.7 Å². The van der Waals surface area contributed by atoms with Crippen LogP contribution in [0.3, 0.4) is 0 Å². The lowest BCUT2D eigenvalue weighted by atomic mass is 9.78. The number of carboxylic acids is 1. The van der Waals surface area contributed by atoms with E-state index >= 15 is 0 Å². The first-order chi connectivity index (χ1) is 22.9. The fourth-order valence-electron chi connectivity index (χ4n) is 9.26. The summed E-state index contributed by atoms with van der Waals surface area (Å²) in [6.07, 6.45) is 18.3. The Morgan fingerprint density at radius 1 is 1.00 bits per heavy atom. The normalized spacial score (nSPS) is 27.2. The second kappa shape index (κ2) is 14.4. The van der Waals surface area contributed by atoms with Crippen molar-refractivity contribution in [3.63, 3.8) is 0 Å². The minimum absolute atomic E-state index is 0.0922. The van der Waals surface area contributed by atoms with Gasteiger partial charge in [-0.25, -0.2) is 9.97 Å². The number of aryl methyl sites for hydroxylation is 2. The monoisotopic (exact) mass is 639 g/mol. The molecule has 9 heteroatoms. The van der Waals surface area contributed by atoms with E-state index in [4.69, 9.17) is 9.97 Å². The molecule has 5 atom stereocenters. The number of carbonyl (C=O) groups is 1. The first-order valence-corrected chi connectivity index (χ1v) is 18.4. The Balaban J connectivity index is 1.15. The van der Waals surface area contributed by atoms with Gasteiger partial charge in [0, 0.05) is 54.7 Å². The van der Waals surface area contributed by atoms with Crippen molar-refractivity contribution in [3.8, 4) is 0 Å². The lowest BCUT2D eigenvalue weighted by Crippen LogP contribution is -2.43. The van der Waals surface area contributed by atoms with Gasteiger partial charge in [0.25, 0.3) is 0 Å². The number of aromatic nitrogens is 4. The summed E-state index contributed by atoms with van der Waals surface area (Å²) in [6.45, 7) is 3.82. The first kappa shape index (κ1) is 32.3. The number of benzene rings is 1. The second-order valence-electron chi connectivity index (χ2n) is 14.8. The van der Waals surface area contributed by atoms with E-state index in [1.165, 1.54) is 54.5 Å². The summed E-state index contributed by atoms with van der Waals surface area (Å²) < 4.78 is 1.92. The SMILES string of the molecule is CC[C@@H](NCc1nc2c(c(N[C@@H](CN3[C@@H]4CCC[C@@H]3CC4)c3cnn(C)c3)n1)C[C@H](c1ccccc1)CC2)C1CCC(C(=O)O)CC1. The number of hydrogen-bond donors (Lipinski definition) is 3. The average molecular weight is 640 g/mol. The van der Waals surface area contributed by atoms with Crippen molar-refractivity contribution in [1.82, 2.24) is 30.0 Å². The molecular formula is C38H53N7O2. The zero-order valence-corrected chi connectivity index (χ0v) is 28.3. The molecule has 3 fully saturated rings. The molecule has 2 saturated heterocycles. The van der Waals surface area contributed by atoms with Crippen molar-refractivity contribution in [2.24, 2.45) is 18.9 Å². The predicted octanol–water partition coefficient (Wildman–Crippen LogP) is 6.41. The molecule has 3 N–H and O–H groups in total. The molecule has 9 nitrogen and oxygen atoms in total. The van der Waals surface area contributed by atoms with E-state index in [0.29, 0.717) is 36.5 Å². The van der Waals surface area contributed by atoms with Crippen molar-refractivity contribution < 1.29 is 9.90 Å². The third kappa shape index (κ3) is 7.26. The molecule has 4 aliphatic rings. The number of rotatable bonds is 12. The number of fused-ring (bicyclic) bond motifs is 3. The summed E-state index contributed by atoms with van der Waals surface area (Å²) in [7, 11) is 2.00. The van der Waals surface area contributed by atoms with Crippen LogP contribution in [0.4, 0.5) is 5.82 Å². The minimum atomic E-state index is -0.640. The first-order valence-electron chi connectivity index (χ1n) is 18.4. The van der Waals surface area contributed by atoms with Crippen LogP contribution < -0.4 is 10.6 Å². The molecule has 252 valence electrons. The quantitative estimate of drug-likeness (QED) is 0.209. The van der Waals surface area contributed by atoms with E-state index in [0.717, 1.165) is 69.6 Å². The Kier molecular flexibility index (Phi) is 9.91. The average Bonchev–Trinajstić information content (AvgIpc) is 3.61. The van der Waals surface area contributed by atoms with Crippen molar-refractivity contribution in [3.05, 3.63) is 70.9 Å². The number of nitrogens with zero attached hydrogens (tertiary/aromatic N) is 5. The third-order valence-electron chi connectivity index (χ3n) is 11.9. The van der Waals surface area contributed by atoms with Crippen LogP contribution in [0.25, 0.3) is 0 Å². The molecule has 0 spiro atoms. The highest BCUT2D eigenvalue weighted by Gasteiger charge is 2.38. The Labute approximate surface area is 280 Å². The maximum atomic E-state index is 11.5. The molecule has 2 aliphatic heterocycles. The molecule has 0 radical (unpaired) electrons. The smallest absolute Gasteiger partial charge is 0.306 e. The predicted molar refractivity (Wildman–Crippen MR) is 184 cm³/mol. The highest BCUT2D eigenvalue weighted by Crippen LogP contribution is 2.39. The van der Waals surface area contributed by atoms with Gasteiger partial charge in [0.15, 0.2) is 0 Å². The van der Waals surface area contributed by atoms with E-state index in [1.807, 2.05) is 17.9 Å². The number of nitrogens with one attached hydrogen (secondary N) is 2. The van der Waals surface area contributed by atoms with Crippen molar-refractivity contribution >= 4 is 11.8 Å². The highest BCUT2D eigenvalue weighted by atomic mass is 16.4. The van der Waals surface area contributed by atoms with E-state index in [1.54, 1.807) is 0 Å². The van der Waals surface area contributed by atoms with Gasteiger partial charge in [-0.15, -0.1) is 0 Å². The summed E-state index contributed by atoms with van der Waals surface area (Å²) >= 11 is 0. The Morgan fingerprint density at radius 2 is 1.77 bits per heavy atom. The molecule has 2 aliphatic carbocycles. The van der Waals surface area contributed by atoms with Crippen LogP contribution in [-0.2, 0) is 31.2 Å². The maximum Gasteiger partial charge on any atom is 0.306 e. The largest absolute Gasteiger partial charge is 0.481 e. The molecule has 47 heavy (non-hydrogen) atoms. The van der Waals surface area contributed by atoms with Crippen molar-refractivity contribution in [2.45, 2.75) is 127 Å². The van der Waals surface area contributed by atoms with Gasteiger partial charge >= 0.3 is 5.97 Å². The van der Waals surface area contributed by atoms with Gasteiger partial charge in [-0.2, -0.15) is 5.10 Å². The van der Waals surface area contributed by atoms with Crippen LogP contribution in [0.5, 0.6) is 0 Å². The van der Waals surface area contributed by atoms with Gasteiger partial charge in [-0.1, -0.05) is 43.7 Å². The Bertz CT molecular complexity index is 1480. The van der Waals surface area contributed by atoms with Gasteiger partial charge in [0.05, 0.1) is 24.7 Å². The molecule has 2 aromatic heterocycles. The van der Waals surface area contributed by atoms with Crippen LogP contribution in [0, 0.1) is 11.8 Å². The minimum Gasteiger partial charge on any atom is -0.481 e. The lowest BCUT2D eigenvalue weighted by Gasteiger charge is -2.37. The zero-order chi connectivity index (χ0) is 32.3. The van der Waals surface area contributed by atoms with Crippen molar-refractivity contribution in [2.75, 3.05) is 11.9 Å². The molecule has 0 amide bonds. The molecule has 4 heterocycles. The van der Waals surface area contributed by atoms with Gasteiger partial charge in [-0.3, -0.25) is 14.4 Å². The summed E-state index contributed by atoms with van der Waals surface area (Å²) in [5.41, 5.74) is 5.06. The number of hydrogen-bond acceptors (Lipinski definition) is 7. The van der Waals surface area contributed by atoms with Crippen LogP contribution in [0.15, 0.2) is 42.7 Å². The molecule has 1 saturated carbocycles. The Morgan fingerprint density at radius 3 is 2.45 bits per heavy atom. The number of anilines is 1. The van der Waals surface area contributed by atoms with Crippen LogP contribution in [-0.4, -0.2) is 60.4 Å². The number of aliphatic carboxylic acids is 1. The van der Waals surface area contributed by atoms with Gasteiger partial charge in [-0.05, 0) is 94.4 Å². The second-order valence-corrected chi connectivity index (χ2v) is 14.8. The van der Waals surface area contributed by atoms with E-state index in [-0.39, 0.29) is 12.0 Å². The molecule has 3 aromatic rings. The van der Waals surface area contributed by atoms with E-state index < -0.39 is 5.97 Å². The third-order valence-corrected chi connectivity index (χ3v) is 11.9. The van der Waals surface area contributed by atoms with Crippen LogP contribution >= 0.6 is 0 Å². The van der Waals surface area contributed by atoms with Crippen LogP contribution in [0.1, 0.15) is 118 Å². The Hall–Kier alpha value is -3.30. The topological polar surface area (TPSA) is 108 Å². The summed E-state index contributed by atoms with van der Waals surface area (Å²) in [5.74, 6) is 1.96. The molecule has 0 unspecified atom stereocenters. The molecule has 7 rings (SSSR count). The summed E-state index contributed by atoms with van der Waals surface area (Å²) in [6, 6.07) is 12.7. The van der Waals surface area contributed by atoms with E-state index in [9.17, 15) is 9.90 Å². The van der Waals surface area contributed by atoms with E-state index in [2.05, 4.69) is 64.1 Å². The van der Waals surface area contributed by atoms with Crippen molar-refractivity contribution in [1.29, 1.82) is 0 Å². The fourth-order valence-corrected chi connectivity index (χ4v) is 9.26. The zero-order valence-electron chi connectivity index (χ0n) is 28.3. The molecule has 2 bridgehead atoms. The fraction of sp³-hybridized carbons (Fsp3) is 0.632. The summed E-state index contributed by atoms with van der Waals surface area (Å²) in [4.78, 5) is 24.8. The van der Waals surface area contributed by atoms with Crippen LogP contribution in [0.2, 0.25) is 0 Å². The number of carboxylic acid groups (broad SMARTS) is 1.